The average molecular weight is 315 g/mol. The van der Waals surface area contributed by atoms with Crippen molar-refractivity contribution in [2.75, 3.05) is 6.54 Å². The van der Waals surface area contributed by atoms with Crippen LogP contribution >= 0.6 is 0 Å². The fraction of sp³-hybridized carbons (Fsp3) is 0.353. The first-order valence-corrected chi connectivity index (χ1v) is 7.61. The van der Waals surface area contributed by atoms with Crippen molar-refractivity contribution in [3.8, 4) is 0 Å². The molecule has 122 valence electrons. The van der Waals surface area contributed by atoms with Crippen LogP contribution in [0.4, 0.5) is 0 Å². The largest absolute Gasteiger partial charge is 0.467 e. The molecule has 0 fully saturated rings. The van der Waals surface area contributed by atoms with Crippen LogP contribution in [0, 0.1) is 5.92 Å². The summed E-state index contributed by atoms with van der Waals surface area (Å²) in [5.41, 5.74) is 0.625. The first-order chi connectivity index (χ1) is 11.1. The maximum absolute atomic E-state index is 12.1. The molecule has 2 heterocycles. The predicted octanol–water partition coefficient (Wildman–Crippen LogP) is 2.38. The van der Waals surface area contributed by atoms with Crippen LogP contribution in [-0.2, 0) is 6.54 Å². The molecule has 0 saturated heterocycles. The van der Waals surface area contributed by atoms with Crippen molar-refractivity contribution < 1.29 is 14.0 Å². The molecule has 0 aliphatic carbocycles. The lowest BCUT2D eigenvalue weighted by Gasteiger charge is -2.08. The van der Waals surface area contributed by atoms with Gasteiger partial charge < -0.3 is 15.1 Å². The van der Waals surface area contributed by atoms with Gasteiger partial charge in [0, 0.05) is 18.3 Å². The maximum Gasteiger partial charge on any atom is 0.270 e. The van der Waals surface area contributed by atoms with Crippen molar-refractivity contribution in [2.45, 2.75) is 26.8 Å². The highest BCUT2D eigenvalue weighted by atomic mass is 16.3. The summed E-state index contributed by atoms with van der Waals surface area (Å²) in [6, 6.07) is 6.60. The minimum Gasteiger partial charge on any atom is -0.467 e. The van der Waals surface area contributed by atoms with E-state index in [4.69, 9.17) is 4.42 Å². The van der Waals surface area contributed by atoms with Gasteiger partial charge in [0.15, 0.2) is 0 Å². The molecule has 2 aromatic rings. The standard InChI is InChI=1S/C17H21N3O3/c1-12(2)5-7-19-16(21)13-6-8-18-15(10-13)17(22)20-11-14-4-3-9-23-14/h3-4,6,8-10,12H,5,7,11H2,1-2H3,(H,19,21)(H,20,22). The summed E-state index contributed by atoms with van der Waals surface area (Å²) in [6.45, 7) is 5.08. The second kappa shape index (κ2) is 8.12. The van der Waals surface area contributed by atoms with Gasteiger partial charge in [0.1, 0.15) is 11.5 Å². The second-order valence-electron chi connectivity index (χ2n) is 5.63. The lowest BCUT2D eigenvalue weighted by molar-refractivity contribution is 0.0943. The lowest BCUT2D eigenvalue weighted by Crippen LogP contribution is -2.27. The number of amides is 2. The second-order valence-corrected chi connectivity index (χ2v) is 5.63. The van der Waals surface area contributed by atoms with Gasteiger partial charge in [-0.2, -0.15) is 0 Å². The van der Waals surface area contributed by atoms with Gasteiger partial charge in [-0.25, -0.2) is 0 Å². The van der Waals surface area contributed by atoms with Crippen LogP contribution in [0.3, 0.4) is 0 Å². The van der Waals surface area contributed by atoms with E-state index in [1.165, 1.54) is 12.3 Å². The van der Waals surface area contributed by atoms with Crippen LogP contribution < -0.4 is 10.6 Å². The molecule has 2 N–H and O–H groups in total. The van der Waals surface area contributed by atoms with E-state index in [1.807, 2.05) is 0 Å². The number of aromatic nitrogens is 1. The van der Waals surface area contributed by atoms with Crippen LogP contribution in [-0.4, -0.2) is 23.3 Å². The first-order valence-electron chi connectivity index (χ1n) is 7.61. The summed E-state index contributed by atoms with van der Waals surface area (Å²) in [4.78, 5) is 28.1. The molecule has 2 aromatic heterocycles. The molecule has 0 aliphatic heterocycles. The minimum absolute atomic E-state index is 0.201. The zero-order chi connectivity index (χ0) is 16.7. The van der Waals surface area contributed by atoms with Gasteiger partial charge in [-0.15, -0.1) is 0 Å². The van der Waals surface area contributed by atoms with E-state index in [0.717, 1.165) is 6.42 Å². The fourth-order valence-electron chi connectivity index (χ4n) is 1.94. The Kier molecular flexibility index (Phi) is 5.91. The smallest absolute Gasteiger partial charge is 0.270 e. The van der Waals surface area contributed by atoms with Crippen LogP contribution in [0.25, 0.3) is 0 Å². The number of hydrogen-bond acceptors (Lipinski definition) is 4. The van der Waals surface area contributed by atoms with E-state index in [9.17, 15) is 9.59 Å². The summed E-state index contributed by atoms with van der Waals surface area (Å²) in [6.07, 6.45) is 3.91. The van der Waals surface area contributed by atoms with Gasteiger partial charge in [-0.3, -0.25) is 14.6 Å². The fourth-order valence-corrected chi connectivity index (χ4v) is 1.94. The molecule has 0 bridgehead atoms. The molecule has 6 heteroatoms. The SMILES string of the molecule is CC(C)CCNC(=O)c1ccnc(C(=O)NCc2ccco2)c1. The molecule has 2 amide bonds. The van der Waals surface area contributed by atoms with Crippen LogP contribution in [0.5, 0.6) is 0 Å². The molecular weight excluding hydrogens is 294 g/mol. The van der Waals surface area contributed by atoms with Crippen molar-refractivity contribution in [3.63, 3.8) is 0 Å². The van der Waals surface area contributed by atoms with Gasteiger partial charge in [0.2, 0.25) is 0 Å². The summed E-state index contributed by atoms with van der Waals surface area (Å²) in [7, 11) is 0. The van der Waals surface area contributed by atoms with E-state index < -0.39 is 0 Å². The Morgan fingerprint density at radius 3 is 2.74 bits per heavy atom. The predicted molar refractivity (Wildman–Crippen MR) is 85.9 cm³/mol. The maximum atomic E-state index is 12.1. The van der Waals surface area contributed by atoms with Crippen LogP contribution in [0.2, 0.25) is 0 Å². The molecule has 0 atom stereocenters. The number of nitrogens with one attached hydrogen (secondary N) is 2. The van der Waals surface area contributed by atoms with Crippen molar-refractivity contribution in [1.82, 2.24) is 15.6 Å². The van der Waals surface area contributed by atoms with Crippen molar-refractivity contribution in [1.29, 1.82) is 0 Å². The highest BCUT2D eigenvalue weighted by Gasteiger charge is 2.12. The summed E-state index contributed by atoms with van der Waals surface area (Å²) in [5, 5.41) is 5.54. The van der Waals surface area contributed by atoms with Gasteiger partial charge in [0.05, 0.1) is 12.8 Å². The highest BCUT2D eigenvalue weighted by molar-refractivity contribution is 5.98. The Morgan fingerprint density at radius 1 is 1.22 bits per heavy atom. The number of hydrogen-bond donors (Lipinski definition) is 2. The average Bonchev–Trinajstić information content (AvgIpc) is 3.05. The molecule has 0 saturated carbocycles. The number of pyridine rings is 1. The minimum atomic E-state index is -0.349. The zero-order valence-electron chi connectivity index (χ0n) is 13.3. The van der Waals surface area contributed by atoms with Crippen LogP contribution in [0.15, 0.2) is 41.1 Å². The molecule has 2 rings (SSSR count). The quantitative estimate of drug-likeness (QED) is 0.821. The monoisotopic (exact) mass is 315 g/mol. The van der Waals surface area contributed by atoms with Gasteiger partial charge in [-0.1, -0.05) is 13.8 Å². The number of rotatable bonds is 7. The normalized spacial score (nSPS) is 10.6. The summed E-state index contributed by atoms with van der Waals surface area (Å²) >= 11 is 0. The third-order valence-electron chi connectivity index (χ3n) is 3.27. The van der Waals surface area contributed by atoms with Gasteiger partial charge in [0.25, 0.3) is 11.8 Å². The molecule has 0 aromatic carbocycles. The van der Waals surface area contributed by atoms with Crippen molar-refractivity contribution in [3.05, 3.63) is 53.7 Å². The van der Waals surface area contributed by atoms with Crippen molar-refractivity contribution in [2.24, 2.45) is 5.92 Å². The Morgan fingerprint density at radius 2 is 2.04 bits per heavy atom. The van der Waals surface area contributed by atoms with Gasteiger partial charge >= 0.3 is 0 Å². The lowest BCUT2D eigenvalue weighted by atomic mass is 10.1. The van der Waals surface area contributed by atoms with E-state index in [1.54, 1.807) is 24.5 Å². The molecule has 0 aliphatic rings. The third kappa shape index (κ3) is 5.25. The van der Waals surface area contributed by atoms with E-state index in [-0.39, 0.29) is 24.1 Å². The van der Waals surface area contributed by atoms with Crippen LogP contribution in [0.1, 0.15) is 46.9 Å². The Labute approximate surface area is 135 Å². The van der Waals surface area contributed by atoms with E-state index in [2.05, 4.69) is 29.5 Å². The molecule has 0 radical (unpaired) electrons. The van der Waals surface area contributed by atoms with Gasteiger partial charge in [-0.05, 0) is 36.6 Å². The topological polar surface area (TPSA) is 84.2 Å². The number of carbonyl (C=O) groups is 2. The van der Waals surface area contributed by atoms with E-state index >= 15 is 0 Å². The third-order valence-corrected chi connectivity index (χ3v) is 3.27. The molecular formula is C17H21N3O3. The summed E-state index contributed by atoms with van der Waals surface area (Å²) in [5.74, 6) is 0.628. The Hall–Kier alpha value is -2.63. The molecule has 6 nitrogen and oxygen atoms in total. The number of carbonyl (C=O) groups excluding carboxylic acids is 2. The summed E-state index contributed by atoms with van der Waals surface area (Å²) < 4.78 is 5.15. The Balaban J connectivity index is 1.92. The highest BCUT2D eigenvalue weighted by Crippen LogP contribution is 2.04. The zero-order valence-corrected chi connectivity index (χ0v) is 13.3. The molecule has 23 heavy (non-hydrogen) atoms. The van der Waals surface area contributed by atoms with E-state index in [0.29, 0.717) is 23.8 Å². The Bertz CT molecular complexity index is 651. The first kappa shape index (κ1) is 16.7. The number of nitrogens with zero attached hydrogens (tertiary/aromatic N) is 1. The number of furan rings is 1. The van der Waals surface area contributed by atoms with Crippen molar-refractivity contribution >= 4 is 11.8 Å². The molecule has 0 spiro atoms. The molecule has 0 unspecified atom stereocenters.